The summed E-state index contributed by atoms with van der Waals surface area (Å²) in [5, 5.41) is 3.24. The Morgan fingerprint density at radius 2 is 1.89 bits per heavy atom. The van der Waals surface area contributed by atoms with Gasteiger partial charge in [0.1, 0.15) is 5.60 Å². The Labute approximate surface area is 114 Å². The van der Waals surface area contributed by atoms with E-state index < -0.39 is 17.4 Å². The molecule has 0 spiro atoms. The van der Waals surface area contributed by atoms with Crippen LogP contribution >= 0.6 is 0 Å². The second kappa shape index (κ2) is 5.25. The van der Waals surface area contributed by atoms with Crippen molar-refractivity contribution in [2.24, 2.45) is 0 Å². The predicted molar refractivity (Wildman–Crippen MR) is 71.0 cm³/mol. The first kappa shape index (κ1) is 14.5. The van der Waals surface area contributed by atoms with Crippen LogP contribution in [0, 0.1) is 0 Å². The van der Waals surface area contributed by atoms with Gasteiger partial charge in [-0.05, 0) is 20.8 Å². The molecule has 1 N–H and O–H groups in total. The van der Waals surface area contributed by atoms with Crippen LogP contribution < -0.4 is 5.32 Å². The van der Waals surface area contributed by atoms with Gasteiger partial charge in [-0.15, -0.1) is 0 Å². The highest BCUT2D eigenvalue weighted by Crippen LogP contribution is 2.28. The summed E-state index contributed by atoms with van der Waals surface area (Å²) in [7, 11) is 0. The molecular weight excluding hydrogens is 249 g/mol. The number of amides is 1. The van der Waals surface area contributed by atoms with E-state index in [4.69, 9.17) is 4.74 Å². The maximum absolute atomic E-state index is 14.4. The Balaban J connectivity index is 1.75. The van der Waals surface area contributed by atoms with Crippen LogP contribution in [-0.2, 0) is 4.74 Å². The molecule has 0 saturated carbocycles. The molecule has 19 heavy (non-hydrogen) atoms. The van der Waals surface area contributed by atoms with Crippen LogP contribution in [0.25, 0.3) is 0 Å². The second-order valence-electron chi connectivity index (χ2n) is 6.51. The number of nitrogens with zero attached hydrogens (tertiary/aromatic N) is 2. The average Bonchev–Trinajstić information content (AvgIpc) is 2.24. The van der Waals surface area contributed by atoms with Crippen molar-refractivity contribution in [1.29, 1.82) is 0 Å². The summed E-state index contributed by atoms with van der Waals surface area (Å²) in [6, 6.07) is 0. The molecule has 110 valence electrons. The smallest absolute Gasteiger partial charge is 0.410 e. The SMILES string of the molecule is CC(C)(C)OC(=O)N1CC(F)(CN2CCNCC2)C1. The number of nitrogens with one attached hydrogen (secondary N) is 1. The molecule has 2 aliphatic heterocycles. The van der Waals surface area contributed by atoms with Crippen LogP contribution in [0.4, 0.5) is 9.18 Å². The standard InChI is InChI=1S/C13H24FN3O2/c1-12(2,3)19-11(18)17-9-13(14,10-17)8-16-6-4-15-5-7-16/h15H,4-10H2,1-3H3. The lowest BCUT2D eigenvalue weighted by molar-refractivity contribution is -0.0649. The molecule has 2 saturated heterocycles. The van der Waals surface area contributed by atoms with Gasteiger partial charge in [-0.1, -0.05) is 0 Å². The first-order valence-electron chi connectivity index (χ1n) is 6.87. The lowest BCUT2D eigenvalue weighted by Gasteiger charge is -2.46. The molecule has 2 heterocycles. The van der Waals surface area contributed by atoms with E-state index in [9.17, 15) is 9.18 Å². The van der Waals surface area contributed by atoms with Crippen molar-refractivity contribution in [1.82, 2.24) is 15.1 Å². The van der Waals surface area contributed by atoms with Crippen molar-refractivity contribution >= 4 is 6.09 Å². The minimum absolute atomic E-state index is 0.145. The minimum atomic E-state index is -1.27. The summed E-state index contributed by atoms with van der Waals surface area (Å²) < 4.78 is 19.6. The predicted octanol–water partition coefficient (Wildman–Crippen LogP) is 0.851. The van der Waals surface area contributed by atoms with Crippen molar-refractivity contribution in [3.05, 3.63) is 0 Å². The van der Waals surface area contributed by atoms with Crippen LogP contribution in [0.15, 0.2) is 0 Å². The van der Waals surface area contributed by atoms with E-state index in [0.29, 0.717) is 6.54 Å². The maximum atomic E-state index is 14.4. The monoisotopic (exact) mass is 273 g/mol. The lowest BCUT2D eigenvalue weighted by atomic mass is 9.96. The molecule has 0 bridgehead atoms. The molecule has 2 fully saturated rings. The number of carbonyl (C=O) groups excluding carboxylic acids is 1. The fraction of sp³-hybridized carbons (Fsp3) is 0.923. The minimum Gasteiger partial charge on any atom is -0.444 e. The van der Waals surface area contributed by atoms with E-state index in [1.165, 1.54) is 4.90 Å². The summed E-state index contributed by atoms with van der Waals surface area (Å²) in [5.41, 5.74) is -1.79. The summed E-state index contributed by atoms with van der Waals surface area (Å²) >= 11 is 0. The number of carbonyl (C=O) groups is 1. The fourth-order valence-electron chi connectivity index (χ4n) is 2.46. The zero-order valence-electron chi connectivity index (χ0n) is 12.0. The normalized spacial score (nSPS) is 23.9. The van der Waals surface area contributed by atoms with E-state index >= 15 is 0 Å². The second-order valence-corrected chi connectivity index (χ2v) is 6.51. The van der Waals surface area contributed by atoms with E-state index in [-0.39, 0.29) is 13.1 Å². The van der Waals surface area contributed by atoms with Gasteiger partial charge in [0.25, 0.3) is 0 Å². The number of alkyl halides is 1. The van der Waals surface area contributed by atoms with E-state index in [1.54, 1.807) is 0 Å². The van der Waals surface area contributed by atoms with E-state index in [1.807, 2.05) is 20.8 Å². The Morgan fingerprint density at radius 3 is 2.42 bits per heavy atom. The van der Waals surface area contributed by atoms with Gasteiger partial charge in [0.15, 0.2) is 5.67 Å². The zero-order valence-corrected chi connectivity index (χ0v) is 12.0. The third-order valence-electron chi connectivity index (χ3n) is 3.32. The third-order valence-corrected chi connectivity index (χ3v) is 3.32. The molecule has 0 aromatic heterocycles. The largest absolute Gasteiger partial charge is 0.444 e. The van der Waals surface area contributed by atoms with Crippen molar-refractivity contribution in [2.45, 2.75) is 32.0 Å². The highest BCUT2D eigenvalue weighted by Gasteiger charge is 2.48. The van der Waals surface area contributed by atoms with Crippen LogP contribution in [0.1, 0.15) is 20.8 Å². The Bertz CT molecular complexity index is 331. The van der Waals surface area contributed by atoms with E-state index in [2.05, 4.69) is 10.2 Å². The Hall–Kier alpha value is -0.880. The lowest BCUT2D eigenvalue weighted by Crippen LogP contribution is -2.66. The molecule has 0 aromatic rings. The number of halogens is 1. The summed E-state index contributed by atoms with van der Waals surface area (Å²) in [6.45, 7) is 9.70. The molecule has 0 unspecified atom stereocenters. The topological polar surface area (TPSA) is 44.8 Å². The van der Waals surface area contributed by atoms with Crippen molar-refractivity contribution in [3.63, 3.8) is 0 Å². The first-order chi connectivity index (χ1) is 8.77. The number of rotatable bonds is 2. The molecule has 5 nitrogen and oxygen atoms in total. The van der Waals surface area contributed by atoms with Crippen LogP contribution in [0.3, 0.4) is 0 Å². The van der Waals surface area contributed by atoms with Gasteiger partial charge >= 0.3 is 6.09 Å². The average molecular weight is 273 g/mol. The number of hydrogen-bond donors (Lipinski definition) is 1. The summed E-state index contributed by atoms with van der Waals surface area (Å²) in [5.74, 6) is 0. The summed E-state index contributed by atoms with van der Waals surface area (Å²) in [4.78, 5) is 15.3. The van der Waals surface area contributed by atoms with Crippen molar-refractivity contribution in [3.8, 4) is 0 Å². The van der Waals surface area contributed by atoms with Crippen LogP contribution in [0.2, 0.25) is 0 Å². The highest BCUT2D eigenvalue weighted by atomic mass is 19.1. The molecule has 2 rings (SSSR count). The fourth-order valence-corrected chi connectivity index (χ4v) is 2.46. The number of likely N-dealkylation sites (tertiary alicyclic amines) is 1. The Kier molecular flexibility index (Phi) is 4.01. The highest BCUT2D eigenvalue weighted by molar-refractivity contribution is 5.69. The molecular formula is C13H24FN3O2. The number of piperazine rings is 1. The van der Waals surface area contributed by atoms with Gasteiger partial charge in [-0.3, -0.25) is 4.90 Å². The van der Waals surface area contributed by atoms with Gasteiger partial charge < -0.3 is 15.0 Å². The third kappa shape index (κ3) is 4.04. The molecule has 2 aliphatic rings. The van der Waals surface area contributed by atoms with Gasteiger partial charge in [0.2, 0.25) is 0 Å². The van der Waals surface area contributed by atoms with Gasteiger partial charge in [-0.25, -0.2) is 9.18 Å². The molecule has 1 amide bonds. The van der Waals surface area contributed by atoms with Crippen LogP contribution in [-0.4, -0.2) is 73.0 Å². The molecule has 0 aliphatic carbocycles. The van der Waals surface area contributed by atoms with Gasteiger partial charge in [0, 0.05) is 32.7 Å². The van der Waals surface area contributed by atoms with Gasteiger partial charge in [-0.2, -0.15) is 0 Å². The number of hydrogen-bond acceptors (Lipinski definition) is 4. The maximum Gasteiger partial charge on any atom is 0.410 e. The molecule has 0 atom stereocenters. The molecule has 6 heteroatoms. The van der Waals surface area contributed by atoms with Crippen LogP contribution in [0.5, 0.6) is 0 Å². The summed E-state index contributed by atoms with van der Waals surface area (Å²) in [6.07, 6.45) is -0.416. The quantitative estimate of drug-likeness (QED) is 0.810. The molecule has 0 aromatic carbocycles. The first-order valence-corrected chi connectivity index (χ1v) is 6.87. The Morgan fingerprint density at radius 1 is 1.32 bits per heavy atom. The van der Waals surface area contributed by atoms with Crippen molar-refractivity contribution in [2.75, 3.05) is 45.8 Å². The van der Waals surface area contributed by atoms with Crippen molar-refractivity contribution < 1.29 is 13.9 Å². The molecule has 0 radical (unpaired) electrons. The van der Waals surface area contributed by atoms with Gasteiger partial charge in [0.05, 0.1) is 13.1 Å². The van der Waals surface area contributed by atoms with E-state index in [0.717, 1.165) is 26.2 Å². The number of ether oxygens (including phenoxy) is 1. The zero-order chi connectivity index (χ0) is 14.1.